The van der Waals surface area contributed by atoms with E-state index in [9.17, 15) is 9.59 Å². The molecular weight excluding hydrogens is 486 g/mol. The number of ether oxygens (including phenoxy) is 2. The fraction of sp³-hybridized carbons (Fsp3) is 0.353. The summed E-state index contributed by atoms with van der Waals surface area (Å²) in [4.78, 5) is 25.4. The molecule has 1 aromatic carbocycles. The van der Waals surface area contributed by atoms with Crippen LogP contribution >= 0.6 is 0 Å². The van der Waals surface area contributed by atoms with Gasteiger partial charge in [-0.1, -0.05) is 36.6 Å². The van der Waals surface area contributed by atoms with Crippen molar-refractivity contribution in [3.63, 3.8) is 0 Å². The van der Waals surface area contributed by atoms with Crippen LogP contribution in [0.4, 0.5) is 5.69 Å². The molecule has 0 fully saturated rings. The largest absolute Gasteiger partial charge is 0.462 e. The Morgan fingerprint density at radius 2 is 1.54 bits per heavy atom. The van der Waals surface area contributed by atoms with Gasteiger partial charge in [-0.2, -0.15) is 0 Å². The normalized spacial score (nSPS) is 14.1. The Morgan fingerprint density at radius 1 is 0.872 bits per heavy atom. The zero-order valence-corrected chi connectivity index (χ0v) is 23.7. The van der Waals surface area contributed by atoms with E-state index in [1.807, 2.05) is 0 Å². The lowest BCUT2D eigenvalue weighted by atomic mass is 9.97. The maximum absolute atomic E-state index is 11.6. The van der Waals surface area contributed by atoms with Crippen molar-refractivity contribution in [3.8, 4) is 0 Å². The van der Waals surface area contributed by atoms with Gasteiger partial charge in [0, 0.05) is 28.1 Å². The Balaban J connectivity index is 1.75. The molecule has 5 nitrogen and oxygen atoms in total. The van der Waals surface area contributed by atoms with E-state index in [2.05, 4.69) is 85.9 Å². The van der Waals surface area contributed by atoms with Crippen molar-refractivity contribution in [2.45, 2.75) is 66.2 Å². The highest BCUT2D eigenvalue weighted by molar-refractivity contribution is 5.87. The second kappa shape index (κ2) is 14.2. The molecule has 39 heavy (non-hydrogen) atoms. The fourth-order valence-corrected chi connectivity index (χ4v) is 4.21. The van der Waals surface area contributed by atoms with E-state index in [4.69, 9.17) is 9.47 Å². The maximum atomic E-state index is 11.6. The molecule has 0 saturated heterocycles. The van der Waals surface area contributed by atoms with Crippen LogP contribution in [0.5, 0.6) is 0 Å². The standard InChI is InChI=1S/C34H39NO4/c1-24(2)33(36)38-21-7-9-28-12-17-30(18-13-28)35(32-16-11-26(5)27(6)23-32)31-19-14-29(15-20-31)10-8-22-39-34(37)25(3)4/h11-12,14,16-17,19,23H,1,3,7-10,13,18,21-22H2,2,4-6H3. The van der Waals surface area contributed by atoms with Gasteiger partial charge in [0.05, 0.1) is 18.9 Å². The smallest absolute Gasteiger partial charge is 0.333 e. The van der Waals surface area contributed by atoms with E-state index in [1.54, 1.807) is 13.8 Å². The van der Waals surface area contributed by atoms with Crippen LogP contribution in [-0.4, -0.2) is 25.2 Å². The summed E-state index contributed by atoms with van der Waals surface area (Å²) in [5.41, 5.74) is 15.6. The van der Waals surface area contributed by atoms with Gasteiger partial charge in [-0.05, 0) is 113 Å². The molecule has 1 aromatic rings. The summed E-state index contributed by atoms with van der Waals surface area (Å²) in [6, 6.07) is 6.51. The molecule has 2 aliphatic carbocycles. The van der Waals surface area contributed by atoms with Crippen LogP contribution < -0.4 is 4.90 Å². The highest BCUT2D eigenvalue weighted by atomic mass is 16.5. The van der Waals surface area contributed by atoms with Gasteiger partial charge in [-0.25, -0.2) is 9.59 Å². The van der Waals surface area contributed by atoms with Crippen LogP contribution in [0.3, 0.4) is 0 Å². The number of rotatable bonds is 13. The second-order valence-electron chi connectivity index (χ2n) is 10.1. The molecule has 0 aliphatic heterocycles. The molecule has 0 bridgehead atoms. The molecule has 3 rings (SSSR count). The van der Waals surface area contributed by atoms with Crippen molar-refractivity contribution in [1.82, 2.24) is 0 Å². The predicted octanol–water partition coefficient (Wildman–Crippen LogP) is 7.65. The average molecular weight is 526 g/mol. The minimum Gasteiger partial charge on any atom is -0.462 e. The van der Waals surface area contributed by atoms with Crippen molar-refractivity contribution in [1.29, 1.82) is 0 Å². The van der Waals surface area contributed by atoms with Crippen LogP contribution in [0.2, 0.25) is 0 Å². The number of nitrogens with zero attached hydrogens (tertiary/aromatic N) is 1. The quantitative estimate of drug-likeness (QED) is 0.115. The molecule has 0 amide bonds. The molecule has 0 radical (unpaired) electrons. The molecule has 2 aliphatic rings. The monoisotopic (exact) mass is 525 g/mol. The first kappa shape index (κ1) is 29.5. The van der Waals surface area contributed by atoms with Crippen molar-refractivity contribution in [2.75, 3.05) is 18.1 Å². The molecular formula is C34H39NO4. The van der Waals surface area contributed by atoms with Crippen LogP contribution in [0.1, 0.15) is 63.5 Å². The third-order valence-corrected chi connectivity index (χ3v) is 6.68. The first-order chi connectivity index (χ1) is 18.7. The van der Waals surface area contributed by atoms with E-state index >= 15 is 0 Å². The van der Waals surface area contributed by atoms with Gasteiger partial charge < -0.3 is 14.4 Å². The molecule has 204 valence electrons. The van der Waals surface area contributed by atoms with E-state index in [0.717, 1.165) is 49.1 Å². The fourth-order valence-electron chi connectivity index (χ4n) is 4.21. The molecule has 0 N–H and O–H groups in total. The Labute approximate surface area is 232 Å². The number of allylic oxidation sites excluding steroid dienone is 7. The third-order valence-electron chi connectivity index (χ3n) is 6.68. The molecule has 0 spiro atoms. The summed E-state index contributed by atoms with van der Waals surface area (Å²) in [7, 11) is 0. The predicted molar refractivity (Wildman–Crippen MR) is 157 cm³/mol. The number of carbonyl (C=O) groups excluding carboxylic acids is 2. The number of benzene rings is 1. The minimum absolute atomic E-state index is 0.330. The number of esters is 2. The Morgan fingerprint density at radius 3 is 2.08 bits per heavy atom. The lowest BCUT2D eigenvalue weighted by molar-refractivity contribution is -0.139. The average Bonchev–Trinajstić information content (AvgIpc) is 2.92. The zero-order chi connectivity index (χ0) is 28.4. The molecule has 0 saturated carbocycles. The SMILES string of the molecule is C=C(C)C(=O)OCCCC1=C=C=C(N(C2=CC=C(CCCOC(=O)C(=C)C)CC2)c2ccc(C)c(C)c2)C=C1. The van der Waals surface area contributed by atoms with Gasteiger partial charge in [-0.15, -0.1) is 0 Å². The first-order valence-corrected chi connectivity index (χ1v) is 13.5. The Hall–Kier alpha value is -4.04. The summed E-state index contributed by atoms with van der Waals surface area (Å²) in [5, 5.41) is 0. The topological polar surface area (TPSA) is 55.8 Å². The second-order valence-corrected chi connectivity index (χ2v) is 10.1. The summed E-state index contributed by atoms with van der Waals surface area (Å²) in [5.74, 6) is -0.682. The Bertz CT molecular complexity index is 1340. The summed E-state index contributed by atoms with van der Waals surface area (Å²) in [6.07, 6.45) is 13.5. The third kappa shape index (κ3) is 8.75. The van der Waals surface area contributed by atoms with Crippen molar-refractivity contribution >= 4 is 17.6 Å². The van der Waals surface area contributed by atoms with Gasteiger partial charge in [0.1, 0.15) is 0 Å². The van der Waals surface area contributed by atoms with E-state index in [0.29, 0.717) is 30.8 Å². The van der Waals surface area contributed by atoms with Crippen molar-refractivity contribution < 1.29 is 19.1 Å². The number of hydrogen-bond acceptors (Lipinski definition) is 5. The highest BCUT2D eigenvalue weighted by Gasteiger charge is 2.19. The number of hydrogen-bond donors (Lipinski definition) is 0. The summed E-state index contributed by atoms with van der Waals surface area (Å²) >= 11 is 0. The van der Waals surface area contributed by atoms with E-state index < -0.39 is 0 Å². The van der Waals surface area contributed by atoms with Gasteiger partial charge in [-0.3, -0.25) is 0 Å². The van der Waals surface area contributed by atoms with Crippen molar-refractivity contribution in [3.05, 3.63) is 112 Å². The van der Waals surface area contributed by atoms with Crippen LogP contribution in [0, 0.1) is 13.8 Å². The Kier molecular flexibility index (Phi) is 10.8. The lowest BCUT2D eigenvalue weighted by Gasteiger charge is -2.30. The minimum atomic E-state index is -0.353. The van der Waals surface area contributed by atoms with Gasteiger partial charge in [0.15, 0.2) is 0 Å². The van der Waals surface area contributed by atoms with E-state index in [1.165, 1.54) is 22.4 Å². The van der Waals surface area contributed by atoms with Gasteiger partial charge in [0.25, 0.3) is 0 Å². The van der Waals surface area contributed by atoms with Crippen LogP contribution in [-0.2, 0) is 19.1 Å². The molecule has 0 atom stereocenters. The molecule has 0 heterocycles. The van der Waals surface area contributed by atoms with Crippen LogP contribution in [0.25, 0.3) is 0 Å². The number of anilines is 1. The van der Waals surface area contributed by atoms with Crippen LogP contribution in [0.15, 0.2) is 101 Å². The highest BCUT2D eigenvalue weighted by Crippen LogP contribution is 2.33. The molecule has 5 heteroatoms. The van der Waals surface area contributed by atoms with E-state index in [-0.39, 0.29) is 11.9 Å². The lowest BCUT2D eigenvalue weighted by Crippen LogP contribution is -2.22. The zero-order valence-electron chi connectivity index (χ0n) is 23.7. The number of aryl methyl sites for hydroxylation is 2. The maximum Gasteiger partial charge on any atom is 0.333 e. The first-order valence-electron chi connectivity index (χ1n) is 13.5. The molecule has 0 aromatic heterocycles. The summed E-state index contributed by atoms with van der Waals surface area (Å²) in [6.45, 7) is 15.5. The van der Waals surface area contributed by atoms with Crippen molar-refractivity contribution in [2.24, 2.45) is 0 Å². The van der Waals surface area contributed by atoms with Gasteiger partial charge >= 0.3 is 11.9 Å². The van der Waals surface area contributed by atoms with Gasteiger partial charge in [0.2, 0.25) is 0 Å². The summed E-state index contributed by atoms with van der Waals surface area (Å²) < 4.78 is 10.4. The number of carbonyl (C=O) groups is 2. The molecule has 0 unspecified atom stereocenters.